The van der Waals surface area contributed by atoms with Crippen LogP contribution in [0.5, 0.6) is 5.75 Å². The summed E-state index contributed by atoms with van der Waals surface area (Å²) in [6, 6.07) is 7.12. The monoisotopic (exact) mass is 285 g/mol. The first-order valence-electron chi connectivity index (χ1n) is 5.15. The summed E-state index contributed by atoms with van der Waals surface area (Å²) in [5, 5.41) is 9.02. The van der Waals surface area contributed by atoms with E-state index in [0.29, 0.717) is 0 Å². The normalized spacial score (nSPS) is 11.3. The minimum absolute atomic E-state index is 0.193. The van der Waals surface area contributed by atoms with Crippen LogP contribution in [0.25, 0.3) is 0 Å². The van der Waals surface area contributed by atoms with Crippen LogP contribution in [0.1, 0.15) is 0 Å². The molecule has 0 fully saturated rings. The van der Waals surface area contributed by atoms with Crippen molar-refractivity contribution in [3.05, 3.63) is 54.1 Å². The molecule has 0 aliphatic heterocycles. The number of halogens is 2. The van der Waals surface area contributed by atoms with E-state index in [1.165, 1.54) is 0 Å². The Morgan fingerprint density at radius 3 is 2.21 bits per heavy atom. The topological polar surface area (TPSA) is 66.4 Å². The second kappa shape index (κ2) is 4.85. The van der Waals surface area contributed by atoms with Crippen LogP contribution in [0, 0.1) is 11.6 Å². The van der Waals surface area contributed by atoms with Crippen molar-refractivity contribution in [3.63, 3.8) is 0 Å². The molecule has 4 nitrogen and oxygen atoms in total. The van der Waals surface area contributed by atoms with Gasteiger partial charge in [-0.15, -0.1) is 0 Å². The lowest BCUT2D eigenvalue weighted by atomic mass is 10.3. The summed E-state index contributed by atoms with van der Waals surface area (Å²) >= 11 is 0. The molecule has 0 aliphatic rings. The van der Waals surface area contributed by atoms with E-state index in [1.807, 2.05) is 4.72 Å². The van der Waals surface area contributed by atoms with E-state index >= 15 is 0 Å². The van der Waals surface area contributed by atoms with Crippen LogP contribution in [0.15, 0.2) is 47.4 Å². The van der Waals surface area contributed by atoms with Crippen molar-refractivity contribution in [2.45, 2.75) is 4.90 Å². The van der Waals surface area contributed by atoms with Gasteiger partial charge in [0.15, 0.2) is 5.82 Å². The van der Waals surface area contributed by atoms with Gasteiger partial charge in [0.05, 0.1) is 10.6 Å². The summed E-state index contributed by atoms with van der Waals surface area (Å²) < 4.78 is 51.9. The van der Waals surface area contributed by atoms with Crippen LogP contribution in [0.4, 0.5) is 14.5 Å². The van der Waals surface area contributed by atoms with Gasteiger partial charge in [0.2, 0.25) is 0 Å². The zero-order valence-corrected chi connectivity index (χ0v) is 10.3. The van der Waals surface area contributed by atoms with Gasteiger partial charge in [0.25, 0.3) is 10.0 Å². The Hall–Kier alpha value is -2.15. The van der Waals surface area contributed by atoms with E-state index in [2.05, 4.69) is 0 Å². The van der Waals surface area contributed by atoms with Crippen molar-refractivity contribution in [2.24, 2.45) is 0 Å². The number of benzene rings is 2. The third-order valence-electron chi connectivity index (χ3n) is 2.32. The van der Waals surface area contributed by atoms with Gasteiger partial charge >= 0.3 is 0 Å². The first kappa shape index (κ1) is 13.3. The molecule has 0 aliphatic carbocycles. The van der Waals surface area contributed by atoms with E-state index < -0.39 is 21.7 Å². The van der Waals surface area contributed by atoms with Crippen molar-refractivity contribution < 1.29 is 22.3 Å². The smallest absolute Gasteiger partial charge is 0.261 e. The lowest BCUT2D eigenvalue weighted by Crippen LogP contribution is -2.13. The second-order valence-electron chi connectivity index (χ2n) is 3.72. The zero-order valence-electron chi connectivity index (χ0n) is 9.47. The maximum atomic E-state index is 13.4. The zero-order chi connectivity index (χ0) is 14.0. The van der Waals surface area contributed by atoms with Crippen LogP contribution in [-0.2, 0) is 10.0 Å². The average molecular weight is 285 g/mol. The summed E-state index contributed by atoms with van der Waals surface area (Å²) in [6.45, 7) is 0. The maximum Gasteiger partial charge on any atom is 0.261 e. The first-order chi connectivity index (χ1) is 8.88. The van der Waals surface area contributed by atoms with E-state index in [1.54, 1.807) is 0 Å². The highest BCUT2D eigenvalue weighted by Gasteiger charge is 2.16. The number of phenols is 1. The molecule has 0 spiro atoms. The second-order valence-corrected chi connectivity index (χ2v) is 5.41. The summed E-state index contributed by atoms with van der Waals surface area (Å²) in [7, 11) is -4.00. The fourth-order valence-corrected chi connectivity index (χ4v) is 2.47. The number of anilines is 1. The van der Waals surface area contributed by atoms with E-state index in [-0.39, 0.29) is 16.3 Å². The van der Waals surface area contributed by atoms with Crippen LogP contribution >= 0.6 is 0 Å². The Bertz CT molecular complexity index is 699. The molecule has 2 rings (SSSR count). The molecular formula is C12H9F2NO3S. The molecule has 0 atom stereocenters. The Labute approximate surface area is 108 Å². The predicted molar refractivity (Wildman–Crippen MR) is 65.3 cm³/mol. The van der Waals surface area contributed by atoms with Gasteiger partial charge in [-0.05, 0) is 36.4 Å². The number of rotatable bonds is 3. The van der Waals surface area contributed by atoms with Crippen molar-refractivity contribution >= 4 is 15.7 Å². The molecule has 19 heavy (non-hydrogen) atoms. The van der Waals surface area contributed by atoms with Crippen molar-refractivity contribution in [3.8, 4) is 5.75 Å². The molecule has 0 bridgehead atoms. The van der Waals surface area contributed by atoms with Gasteiger partial charge in [-0.1, -0.05) is 0 Å². The largest absolute Gasteiger partial charge is 0.508 e. The SMILES string of the molecule is O=S(=O)(Nc1ccc(O)cc1F)c1ccc(F)cc1. The van der Waals surface area contributed by atoms with Crippen molar-refractivity contribution in [2.75, 3.05) is 4.72 Å². The predicted octanol–water partition coefficient (Wildman–Crippen LogP) is 2.47. The highest BCUT2D eigenvalue weighted by atomic mass is 32.2. The third-order valence-corrected chi connectivity index (χ3v) is 3.70. The van der Waals surface area contributed by atoms with Gasteiger partial charge in [0, 0.05) is 6.07 Å². The fraction of sp³-hybridized carbons (Fsp3) is 0. The Morgan fingerprint density at radius 1 is 1.00 bits per heavy atom. The highest BCUT2D eigenvalue weighted by Crippen LogP contribution is 2.22. The van der Waals surface area contributed by atoms with Gasteiger partial charge in [-0.2, -0.15) is 0 Å². The summed E-state index contributed by atoms with van der Waals surface area (Å²) in [6.07, 6.45) is 0. The molecule has 0 saturated heterocycles. The van der Waals surface area contributed by atoms with Crippen LogP contribution in [0.3, 0.4) is 0 Å². The number of sulfonamides is 1. The molecule has 0 heterocycles. The van der Waals surface area contributed by atoms with Gasteiger partial charge < -0.3 is 5.11 Å². The van der Waals surface area contributed by atoms with Crippen molar-refractivity contribution in [1.29, 1.82) is 0 Å². The molecule has 2 N–H and O–H groups in total. The number of hydrogen-bond acceptors (Lipinski definition) is 3. The molecule has 2 aromatic rings. The quantitative estimate of drug-likeness (QED) is 0.851. The average Bonchev–Trinajstić information content (AvgIpc) is 2.33. The van der Waals surface area contributed by atoms with E-state index in [9.17, 15) is 17.2 Å². The Morgan fingerprint density at radius 2 is 1.63 bits per heavy atom. The van der Waals surface area contributed by atoms with E-state index in [4.69, 9.17) is 5.11 Å². The van der Waals surface area contributed by atoms with Crippen LogP contribution < -0.4 is 4.72 Å². The molecular weight excluding hydrogens is 276 g/mol. The number of nitrogens with one attached hydrogen (secondary N) is 1. The minimum Gasteiger partial charge on any atom is -0.508 e. The molecule has 0 saturated carbocycles. The maximum absolute atomic E-state index is 13.4. The minimum atomic E-state index is -4.00. The molecule has 0 unspecified atom stereocenters. The lowest BCUT2D eigenvalue weighted by Gasteiger charge is -2.09. The molecule has 100 valence electrons. The number of hydrogen-bond donors (Lipinski definition) is 2. The molecule has 7 heteroatoms. The third kappa shape index (κ3) is 3.00. The molecule has 0 amide bonds. The number of aromatic hydroxyl groups is 1. The lowest BCUT2D eigenvalue weighted by molar-refractivity contribution is 0.469. The first-order valence-corrected chi connectivity index (χ1v) is 6.64. The van der Waals surface area contributed by atoms with Gasteiger partial charge in [-0.3, -0.25) is 4.72 Å². The van der Waals surface area contributed by atoms with Crippen LogP contribution in [-0.4, -0.2) is 13.5 Å². The van der Waals surface area contributed by atoms with Gasteiger partial charge in [-0.25, -0.2) is 17.2 Å². The van der Waals surface area contributed by atoms with Crippen molar-refractivity contribution in [1.82, 2.24) is 0 Å². The molecule has 0 radical (unpaired) electrons. The Balaban J connectivity index is 2.33. The highest BCUT2D eigenvalue weighted by molar-refractivity contribution is 7.92. The van der Waals surface area contributed by atoms with Gasteiger partial charge in [0.1, 0.15) is 11.6 Å². The fourth-order valence-electron chi connectivity index (χ4n) is 1.40. The molecule has 0 aromatic heterocycles. The number of phenolic OH excluding ortho intramolecular Hbond substituents is 1. The summed E-state index contributed by atoms with van der Waals surface area (Å²) in [4.78, 5) is -0.193. The summed E-state index contributed by atoms with van der Waals surface area (Å²) in [5.41, 5.74) is -0.304. The summed E-state index contributed by atoms with van der Waals surface area (Å²) in [5.74, 6) is -1.80. The Kier molecular flexibility index (Phi) is 3.39. The standard InChI is InChI=1S/C12H9F2NO3S/c13-8-1-4-10(5-2-8)19(17,18)15-12-6-3-9(16)7-11(12)14/h1-7,15-16H. The van der Waals surface area contributed by atoms with Crippen LogP contribution in [0.2, 0.25) is 0 Å². The molecule has 2 aromatic carbocycles. The van der Waals surface area contributed by atoms with E-state index in [0.717, 1.165) is 42.5 Å².